The normalized spacial score (nSPS) is 19.9. The Morgan fingerprint density at radius 2 is 2.29 bits per heavy atom. The van der Waals surface area contributed by atoms with Crippen LogP contribution in [0.25, 0.3) is 0 Å². The molecule has 1 heterocycles. The number of nitrogens with zero attached hydrogens (tertiary/aromatic N) is 1. The zero-order valence-electron chi connectivity index (χ0n) is 13.7. The lowest BCUT2D eigenvalue weighted by Gasteiger charge is -2.25. The number of rotatable bonds is 11. The van der Waals surface area contributed by atoms with E-state index in [1.54, 1.807) is 0 Å². The summed E-state index contributed by atoms with van der Waals surface area (Å²) in [7, 11) is 0. The van der Waals surface area contributed by atoms with Gasteiger partial charge in [-0.25, -0.2) is 0 Å². The Balaban J connectivity index is 2.26. The summed E-state index contributed by atoms with van der Waals surface area (Å²) in [6, 6.07) is 0.705. The molecule has 0 aromatic carbocycles. The van der Waals surface area contributed by atoms with Crippen molar-refractivity contribution in [3.63, 3.8) is 0 Å². The monoisotopic (exact) mass is 299 g/mol. The fourth-order valence-electron chi connectivity index (χ4n) is 2.90. The molecule has 124 valence electrons. The molecule has 21 heavy (non-hydrogen) atoms. The summed E-state index contributed by atoms with van der Waals surface area (Å²) in [5.41, 5.74) is 0. The van der Waals surface area contributed by atoms with Crippen LogP contribution < -0.4 is 10.6 Å². The number of aliphatic hydroxyl groups excluding tert-OH is 1. The van der Waals surface area contributed by atoms with E-state index in [2.05, 4.69) is 29.4 Å². The minimum absolute atomic E-state index is 0.0745. The highest BCUT2D eigenvalue weighted by molar-refractivity contribution is 5.78. The van der Waals surface area contributed by atoms with E-state index in [-0.39, 0.29) is 18.6 Å². The van der Waals surface area contributed by atoms with Crippen LogP contribution in [0.4, 0.5) is 0 Å². The predicted octanol–water partition coefficient (Wildman–Crippen LogP) is 1.12. The third kappa shape index (κ3) is 8.39. The molecule has 5 nitrogen and oxygen atoms in total. The minimum atomic E-state index is 0.0745. The number of hydrogen-bond acceptors (Lipinski definition) is 4. The largest absolute Gasteiger partial charge is 0.395 e. The molecule has 0 aromatic rings. The van der Waals surface area contributed by atoms with Gasteiger partial charge in [-0.05, 0) is 32.7 Å². The maximum atomic E-state index is 12.1. The summed E-state index contributed by atoms with van der Waals surface area (Å²) in [5, 5.41) is 15.7. The van der Waals surface area contributed by atoms with Crippen molar-refractivity contribution >= 4 is 5.91 Å². The Hall–Kier alpha value is -0.650. The first-order chi connectivity index (χ1) is 10.2. The number of aliphatic hydroxyl groups is 1. The van der Waals surface area contributed by atoms with Crippen molar-refractivity contribution in [1.82, 2.24) is 15.5 Å². The van der Waals surface area contributed by atoms with Crippen LogP contribution in [-0.2, 0) is 4.79 Å². The number of amides is 1. The molecular weight excluding hydrogens is 266 g/mol. The standard InChI is InChI=1S/C16H33N3O2/c1-3-4-5-7-14(2)18-16(21)13-19(10-11-20)12-15-8-6-9-17-15/h14-15,17,20H,3-13H2,1-2H3,(H,18,21). The zero-order valence-corrected chi connectivity index (χ0v) is 13.7. The average molecular weight is 299 g/mol. The van der Waals surface area contributed by atoms with Gasteiger partial charge < -0.3 is 15.7 Å². The molecule has 0 spiro atoms. The summed E-state index contributed by atoms with van der Waals surface area (Å²) in [4.78, 5) is 14.1. The Kier molecular flexibility index (Phi) is 9.63. The zero-order chi connectivity index (χ0) is 15.5. The molecule has 1 rings (SSSR count). The minimum Gasteiger partial charge on any atom is -0.395 e. The van der Waals surface area contributed by atoms with E-state index >= 15 is 0 Å². The first kappa shape index (κ1) is 18.4. The fraction of sp³-hybridized carbons (Fsp3) is 0.938. The predicted molar refractivity (Wildman–Crippen MR) is 86.3 cm³/mol. The molecule has 1 amide bonds. The summed E-state index contributed by atoms with van der Waals surface area (Å²) >= 11 is 0. The summed E-state index contributed by atoms with van der Waals surface area (Å²) in [6.07, 6.45) is 7.02. The summed E-state index contributed by atoms with van der Waals surface area (Å²) < 4.78 is 0. The van der Waals surface area contributed by atoms with Crippen LogP contribution in [0.1, 0.15) is 52.4 Å². The smallest absolute Gasteiger partial charge is 0.234 e. The third-order valence-electron chi connectivity index (χ3n) is 4.07. The quantitative estimate of drug-likeness (QED) is 0.500. The summed E-state index contributed by atoms with van der Waals surface area (Å²) in [5.74, 6) is 0.0745. The molecule has 1 saturated heterocycles. The van der Waals surface area contributed by atoms with Gasteiger partial charge in [0, 0.05) is 25.2 Å². The summed E-state index contributed by atoms with van der Waals surface area (Å²) in [6.45, 7) is 7.23. The van der Waals surface area contributed by atoms with Crippen molar-refractivity contribution in [3.05, 3.63) is 0 Å². The van der Waals surface area contributed by atoms with Crippen LogP contribution in [0.3, 0.4) is 0 Å². The van der Waals surface area contributed by atoms with E-state index in [1.165, 1.54) is 25.7 Å². The van der Waals surface area contributed by atoms with Gasteiger partial charge in [0.2, 0.25) is 5.91 Å². The molecule has 2 atom stereocenters. The van der Waals surface area contributed by atoms with E-state index in [9.17, 15) is 4.79 Å². The second-order valence-electron chi connectivity index (χ2n) is 6.22. The molecule has 0 aromatic heterocycles. The molecule has 5 heteroatoms. The van der Waals surface area contributed by atoms with Gasteiger partial charge in [0.05, 0.1) is 13.2 Å². The van der Waals surface area contributed by atoms with Crippen LogP contribution in [0, 0.1) is 0 Å². The van der Waals surface area contributed by atoms with E-state index in [0.29, 0.717) is 19.1 Å². The van der Waals surface area contributed by atoms with Crippen molar-refractivity contribution in [3.8, 4) is 0 Å². The van der Waals surface area contributed by atoms with E-state index in [4.69, 9.17) is 5.11 Å². The molecule has 1 aliphatic heterocycles. The van der Waals surface area contributed by atoms with E-state index < -0.39 is 0 Å². The molecule has 0 radical (unpaired) electrons. The van der Waals surface area contributed by atoms with Gasteiger partial charge >= 0.3 is 0 Å². The van der Waals surface area contributed by atoms with Gasteiger partial charge in [-0.15, -0.1) is 0 Å². The van der Waals surface area contributed by atoms with E-state index in [1.807, 2.05) is 0 Å². The SMILES string of the molecule is CCCCCC(C)NC(=O)CN(CCO)CC1CCCN1. The number of nitrogens with one attached hydrogen (secondary N) is 2. The van der Waals surface area contributed by atoms with Crippen LogP contribution in [-0.4, -0.2) is 60.8 Å². The Labute approximate surface area is 129 Å². The van der Waals surface area contributed by atoms with E-state index in [0.717, 1.165) is 25.9 Å². The Morgan fingerprint density at radius 1 is 1.48 bits per heavy atom. The van der Waals surface area contributed by atoms with Crippen LogP contribution in [0.2, 0.25) is 0 Å². The van der Waals surface area contributed by atoms with Gasteiger partial charge in [0.25, 0.3) is 0 Å². The fourth-order valence-corrected chi connectivity index (χ4v) is 2.90. The highest BCUT2D eigenvalue weighted by Gasteiger charge is 2.19. The molecule has 3 N–H and O–H groups in total. The lowest BCUT2D eigenvalue weighted by atomic mass is 10.1. The average Bonchev–Trinajstić information content (AvgIpc) is 2.92. The van der Waals surface area contributed by atoms with Gasteiger partial charge in [-0.1, -0.05) is 26.2 Å². The number of carbonyl (C=O) groups is 1. The first-order valence-electron chi connectivity index (χ1n) is 8.51. The molecule has 1 aliphatic rings. The van der Waals surface area contributed by atoms with Gasteiger partial charge in [0.1, 0.15) is 0 Å². The maximum Gasteiger partial charge on any atom is 0.234 e. The molecule has 1 fully saturated rings. The Morgan fingerprint density at radius 3 is 2.90 bits per heavy atom. The Bertz CT molecular complexity index is 281. The van der Waals surface area contributed by atoms with Gasteiger partial charge in [-0.3, -0.25) is 9.69 Å². The van der Waals surface area contributed by atoms with Crippen LogP contribution in [0.5, 0.6) is 0 Å². The highest BCUT2D eigenvalue weighted by atomic mass is 16.3. The van der Waals surface area contributed by atoms with Crippen molar-refractivity contribution in [1.29, 1.82) is 0 Å². The topological polar surface area (TPSA) is 64.6 Å². The lowest BCUT2D eigenvalue weighted by Crippen LogP contribution is -2.46. The van der Waals surface area contributed by atoms with Crippen LogP contribution in [0.15, 0.2) is 0 Å². The third-order valence-corrected chi connectivity index (χ3v) is 4.07. The lowest BCUT2D eigenvalue weighted by molar-refractivity contribution is -0.123. The molecular formula is C16H33N3O2. The van der Waals surface area contributed by atoms with Crippen molar-refractivity contribution in [2.45, 2.75) is 64.5 Å². The number of hydrogen-bond donors (Lipinski definition) is 3. The molecule has 0 aliphatic carbocycles. The second kappa shape index (κ2) is 11.0. The number of carbonyl (C=O) groups excluding carboxylic acids is 1. The number of unbranched alkanes of at least 4 members (excludes halogenated alkanes) is 2. The molecule has 0 bridgehead atoms. The first-order valence-corrected chi connectivity index (χ1v) is 8.51. The van der Waals surface area contributed by atoms with Crippen molar-refractivity contribution in [2.24, 2.45) is 0 Å². The second-order valence-corrected chi connectivity index (χ2v) is 6.22. The van der Waals surface area contributed by atoms with Crippen LogP contribution >= 0.6 is 0 Å². The van der Waals surface area contributed by atoms with Gasteiger partial charge in [0.15, 0.2) is 0 Å². The van der Waals surface area contributed by atoms with Crippen molar-refractivity contribution in [2.75, 3.05) is 32.8 Å². The maximum absolute atomic E-state index is 12.1. The molecule has 2 unspecified atom stereocenters. The van der Waals surface area contributed by atoms with Gasteiger partial charge in [-0.2, -0.15) is 0 Å². The molecule has 0 saturated carbocycles. The highest BCUT2D eigenvalue weighted by Crippen LogP contribution is 2.07. The van der Waals surface area contributed by atoms with Crippen molar-refractivity contribution < 1.29 is 9.90 Å².